The number of carbonyl (C=O) groups is 2. The quantitative estimate of drug-likeness (QED) is 0.395. The maximum atomic E-state index is 13.6. The fraction of sp³-hybridized carbons (Fsp3) is 0.120. The van der Waals surface area contributed by atoms with Crippen molar-refractivity contribution in [3.8, 4) is 11.3 Å². The van der Waals surface area contributed by atoms with E-state index in [1.54, 1.807) is 4.57 Å². The lowest BCUT2D eigenvalue weighted by molar-refractivity contribution is -0.137. The smallest absolute Gasteiger partial charge is 0.331 e. The molecule has 0 fully saturated rings. The molecular weight excluding hydrogens is 431 g/mol. The van der Waals surface area contributed by atoms with Crippen molar-refractivity contribution in [3.63, 3.8) is 0 Å². The number of carbonyl (C=O) groups excluding carboxylic acids is 2. The second-order valence-corrected chi connectivity index (χ2v) is 7.53. The Morgan fingerprint density at radius 3 is 2.27 bits per heavy atom. The van der Waals surface area contributed by atoms with Gasteiger partial charge in [-0.2, -0.15) is 13.2 Å². The van der Waals surface area contributed by atoms with Crippen LogP contribution in [0.5, 0.6) is 0 Å². The summed E-state index contributed by atoms with van der Waals surface area (Å²) in [5.74, 6) is -1.10. The Kier molecular flexibility index (Phi) is 5.91. The highest BCUT2D eigenvalue weighted by atomic mass is 19.4. The van der Waals surface area contributed by atoms with Gasteiger partial charge in [-0.3, -0.25) is 9.59 Å². The molecule has 33 heavy (non-hydrogen) atoms. The van der Waals surface area contributed by atoms with Gasteiger partial charge < -0.3 is 15.2 Å². The molecule has 3 aromatic carbocycles. The van der Waals surface area contributed by atoms with Crippen molar-refractivity contribution in [2.45, 2.75) is 19.6 Å². The first-order chi connectivity index (χ1) is 15.7. The Labute approximate surface area is 187 Å². The average molecular weight is 451 g/mol. The monoisotopic (exact) mass is 451 g/mol. The van der Waals surface area contributed by atoms with Gasteiger partial charge in [0.25, 0.3) is 0 Å². The molecule has 8 heteroatoms. The van der Waals surface area contributed by atoms with Crippen molar-refractivity contribution in [3.05, 3.63) is 84.4 Å². The van der Waals surface area contributed by atoms with Crippen LogP contribution in [-0.2, 0) is 22.3 Å². The largest absolute Gasteiger partial charge is 0.418 e. The number of nitrogens with one attached hydrogen (secondary N) is 2. The number of benzene rings is 3. The first-order valence-electron chi connectivity index (χ1n) is 10.1. The van der Waals surface area contributed by atoms with E-state index in [1.165, 1.54) is 13.0 Å². The maximum Gasteiger partial charge on any atom is 0.418 e. The number of halogens is 3. The van der Waals surface area contributed by atoms with Gasteiger partial charge in [0.15, 0.2) is 0 Å². The highest BCUT2D eigenvalue weighted by Crippen LogP contribution is 2.37. The molecule has 0 radical (unpaired) electrons. The number of para-hydroxylation sites is 1. The van der Waals surface area contributed by atoms with Gasteiger partial charge in [-0.25, -0.2) is 0 Å². The van der Waals surface area contributed by atoms with Crippen molar-refractivity contribution in [2.75, 3.05) is 10.6 Å². The molecule has 0 spiro atoms. The number of hydrogen-bond acceptors (Lipinski definition) is 2. The van der Waals surface area contributed by atoms with Gasteiger partial charge in [-0.05, 0) is 35.9 Å². The molecule has 0 atom stereocenters. The van der Waals surface area contributed by atoms with Crippen molar-refractivity contribution in [2.24, 2.45) is 0 Å². The van der Waals surface area contributed by atoms with Crippen LogP contribution in [0, 0.1) is 0 Å². The molecule has 4 aromatic rings. The normalized spacial score (nSPS) is 11.4. The van der Waals surface area contributed by atoms with Gasteiger partial charge >= 0.3 is 6.18 Å². The van der Waals surface area contributed by atoms with Gasteiger partial charge in [0.2, 0.25) is 11.8 Å². The van der Waals surface area contributed by atoms with Crippen molar-refractivity contribution >= 4 is 34.1 Å². The van der Waals surface area contributed by atoms with Crippen LogP contribution >= 0.6 is 0 Å². The highest BCUT2D eigenvalue weighted by Gasteiger charge is 2.34. The summed E-state index contributed by atoms with van der Waals surface area (Å²) in [4.78, 5) is 24.1. The number of alkyl halides is 3. The molecule has 0 bridgehead atoms. The Morgan fingerprint density at radius 1 is 0.879 bits per heavy atom. The van der Waals surface area contributed by atoms with E-state index < -0.39 is 23.6 Å². The number of hydrogen-bond donors (Lipinski definition) is 2. The Hall–Kier alpha value is -4.07. The zero-order valence-electron chi connectivity index (χ0n) is 17.6. The highest BCUT2D eigenvalue weighted by molar-refractivity contribution is 5.95. The first kappa shape index (κ1) is 22.1. The SMILES string of the molecule is CC(=O)Nc1ccc(NC(=O)Cn2c(-c3ccccc3)cc3ccccc32)c(C(F)(F)F)c1. The lowest BCUT2D eigenvalue weighted by Crippen LogP contribution is -2.21. The van der Waals surface area contributed by atoms with Crippen molar-refractivity contribution in [1.29, 1.82) is 0 Å². The minimum Gasteiger partial charge on any atom is -0.331 e. The third kappa shape index (κ3) is 4.90. The molecule has 0 aliphatic carbocycles. The fourth-order valence-corrected chi connectivity index (χ4v) is 3.73. The molecule has 0 saturated heterocycles. The summed E-state index contributed by atoms with van der Waals surface area (Å²) in [5, 5.41) is 5.63. The maximum absolute atomic E-state index is 13.6. The fourth-order valence-electron chi connectivity index (χ4n) is 3.73. The van der Waals surface area contributed by atoms with Gasteiger partial charge in [-0.15, -0.1) is 0 Å². The third-order valence-electron chi connectivity index (χ3n) is 5.10. The van der Waals surface area contributed by atoms with Gasteiger partial charge in [0.05, 0.1) is 11.3 Å². The van der Waals surface area contributed by atoms with E-state index in [2.05, 4.69) is 10.6 Å². The number of nitrogens with zero attached hydrogens (tertiary/aromatic N) is 1. The van der Waals surface area contributed by atoms with Gasteiger partial charge in [0, 0.05) is 29.2 Å². The van der Waals surface area contributed by atoms with Gasteiger partial charge in [0.1, 0.15) is 6.54 Å². The summed E-state index contributed by atoms with van der Waals surface area (Å²) in [6.45, 7) is 1.02. The third-order valence-corrected chi connectivity index (χ3v) is 5.10. The molecule has 1 aromatic heterocycles. The van der Waals surface area contributed by atoms with E-state index in [9.17, 15) is 22.8 Å². The molecule has 0 unspecified atom stereocenters. The molecule has 1 heterocycles. The standard InChI is InChI=1S/C25H20F3N3O2/c1-16(32)29-19-11-12-21(20(14-19)25(26,27)28)30-24(33)15-31-22-10-6-5-9-18(22)13-23(31)17-7-3-2-4-8-17/h2-14H,15H2,1H3,(H,29,32)(H,30,33). The molecule has 5 nitrogen and oxygen atoms in total. The minimum atomic E-state index is -4.72. The Bertz CT molecular complexity index is 1330. The number of anilines is 2. The predicted octanol–water partition coefficient (Wildman–Crippen LogP) is 5.92. The van der Waals surface area contributed by atoms with Crippen LogP contribution in [0.25, 0.3) is 22.2 Å². The zero-order valence-corrected chi connectivity index (χ0v) is 17.6. The summed E-state index contributed by atoms with van der Waals surface area (Å²) < 4.78 is 42.6. The van der Waals surface area contributed by atoms with E-state index in [0.29, 0.717) is 0 Å². The molecule has 0 saturated carbocycles. The van der Waals surface area contributed by atoms with Crippen molar-refractivity contribution < 1.29 is 22.8 Å². The van der Waals surface area contributed by atoms with E-state index in [4.69, 9.17) is 0 Å². The number of aromatic nitrogens is 1. The molecule has 2 N–H and O–H groups in total. The average Bonchev–Trinajstić information content (AvgIpc) is 3.13. The second kappa shape index (κ2) is 8.82. The van der Waals surface area contributed by atoms with Gasteiger partial charge in [-0.1, -0.05) is 48.5 Å². The van der Waals surface area contributed by atoms with Crippen LogP contribution in [0.15, 0.2) is 78.9 Å². The molecule has 0 aliphatic heterocycles. The van der Waals surface area contributed by atoms with Crippen LogP contribution in [-0.4, -0.2) is 16.4 Å². The van der Waals surface area contributed by atoms with E-state index in [-0.39, 0.29) is 17.9 Å². The van der Waals surface area contributed by atoms with Crippen LogP contribution in [0.1, 0.15) is 12.5 Å². The van der Waals surface area contributed by atoms with Crippen LogP contribution in [0.4, 0.5) is 24.5 Å². The first-order valence-corrected chi connectivity index (χ1v) is 10.1. The summed E-state index contributed by atoms with van der Waals surface area (Å²) in [6.07, 6.45) is -4.72. The second-order valence-electron chi connectivity index (χ2n) is 7.53. The number of fused-ring (bicyclic) bond motifs is 1. The topological polar surface area (TPSA) is 63.1 Å². The summed E-state index contributed by atoms with van der Waals surface area (Å²) in [6, 6.07) is 22.2. The summed E-state index contributed by atoms with van der Waals surface area (Å²) >= 11 is 0. The molecular formula is C25H20F3N3O2. The molecule has 168 valence electrons. The van der Waals surface area contributed by atoms with E-state index in [0.717, 1.165) is 34.3 Å². The number of amides is 2. The summed E-state index contributed by atoms with van der Waals surface area (Å²) in [7, 11) is 0. The molecule has 4 rings (SSSR count). The van der Waals surface area contributed by atoms with Crippen LogP contribution < -0.4 is 10.6 Å². The zero-order chi connectivity index (χ0) is 23.6. The van der Waals surface area contributed by atoms with Crippen LogP contribution in [0.2, 0.25) is 0 Å². The lowest BCUT2D eigenvalue weighted by atomic mass is 10.1. The Morgan fingerprint density at radius 2 is 1.58 bits per heavy atom. The van der Waals surface area contributed by atoms with Crippen LogP contribution in [0.3, 0.4) is 0 Å². The number of rotatable bonds is 5. The molecule has 2 amide bonds. The Balaban J connectivity index is 1.67. The lowest BCUT2D eigenvalue weighted by Gasteiger charge is -2.17. The molecule has 0 aliphatic rings. The predicted molar refractivity (Wildman–Crippen MR) is 122 cm³/mol. The van der Waals surface area contributed by atoms with E-state index in [1.807, 2.05) is 60.7 Å². The van der Waals surface area contributed by atoms with Crippen molar-refractivity contribution in [1.82, 2.24) is 4.57 Å². The summed E-state index contributed by atoms with van der Waals surface area (Å²) in [5.41, 5.74) is 1.04. The van der Waals surface area contributed by atoms with E-state index >= 15 is 0 Å². The minimum absolute atomic E-state index is 0.00408.